The molecule has 1 fully saturated rings. The maximum absolute atomic E-state index is 11.1. The van der Waals surface area contributed by atoms with E-state index in [1.807, 2.05) is 6.08 Å². The molecular weight excluding hydrogens is 206 g/mol. The van der Waals surface area contributed by atoms with Gasteiger partial charge in [-0.2, -0.15) is 0 Å². The molecular formula is C12H13NO3. The van der Waals surface area contributed by atoms with Crippen molar-refractivity contribution in [3.63, 3.8) is 0 Å². The van der Waals surface area contributed by atoms with Crippen LogP contribution in [0.3, 0.4) is 0 Å². The highest BCUT2D eigenvalue weighted by Crippen LogP contribution is 2.38. The summed E-state index contributed by atoms with van der Waals surface area (Å²) in [6, 6.07) is 0. The van der Waals surface area contributed by atoms with Crippen LogP contribution >= 0.6 is 0 Å². The molecule has 0 aromatic rings. The van der Waals surface area contributed by atoms with Crippen molar-refractivity contribution in [3.8, 4) is 0 Å². The Morgan fingerprint density at radius 3 is 3.25 bits per heavy atom. The van der Waals surface area contributed by atoms with Crippen molar-refractivity contribution in [2.45, 2.75) is 12.5 Å². The number of carboxylic acids is 1. The number of allylic oxidation sites excluding steroid dienone is 2. The summed E-state index contributed by atoms with van der Waals surface area (Å²) in [6.07, 6.45) is 8.46. The summed E-state index contributed by atoms with van der Waals surface area (Å²) >= 11 is 0. The van der Waals surface area contributed by atoms with Crippen molar-refractivity contribution < 1.29 is 14.6 Å². The number of carbonyl (C=O) groups is 1. The topological polar surface area (TPSA) is 58.6 Å². The molecule has 0 radical (unpaired) electrons. The third kappa shape index (κ3) is 1.26. The largest absolute Gasteiger partial charge is 0.496 e. The Balaban J connectivity index is 1.99. The second kappa shape index (κ2) is 3.40. The third-order valence-corrected chi connectivity index (χ3v) is 3.51. The molecule has 2 heterocycles. The lowest BCUT2D eigenvalue weighted by molar-refractivity contribution is -0.132. The summed E-state index contributed by atoms with van der Waals surface area (Å²) in [6.45, 7) is 0.689. The van der Waals surface area contributed by atoms with Gasteiger partial charge in [0, 0.05) is 17.5 Å². The first kappa shape index (κ1) is 9.51. The van der Waals surface area contributed by atoms with E-state index < -0.39 is 5.97 Å². The fraction of sp³-hybridized carbons (Fsp3) is 0.417. The Labute approximate surface area is 93.3 Å². The molecule has 2 N–H and O–H groups in total. The molecule has 0 saturated carbocycles. The average Bonchev–Trinajstić information content (AvgIpc) is 2.76. The molecule has 4 heteroatoms. The summed E-state index contributed by atoms with van der Waals surface area (Å²) in [4.78, 5) is 11.1. The normalized spacial score (nSPS) is 35.1. The number of nitrogens with one attached hydrogen (secondary N) is 1. The van der Waals surface area contributed by atoms with Gasteiger partial charge in [-0.05, 0) is 18.6 Å². The Hall–Kier alpha value is -1.71. The maximum atomic E-state index is 11.1. The van der Waals surface area contributed by atoms with Gasteiger partial charge in [-0.3, -0.25) is 0 Å². The number of fused-ring (bicyclic) bond motifs is 3. The zero-order chi connectivity index (χ0) is 11.1. The average molecular weight is 219 g/mol. The molecule has 0 aromatic carbocycles. The van der Waals surface area contributed by atoms with Gasteiger partial charge in [0.2, 0.25) is 0 Å². The van der Waals surface area contributed by atoms with E-state index in [0.29, 0.717) is 18.0 Å². The monoisotopic (exact) mass is 219 g/mol. The molecule has 0 aromatic heterocycles. The number of piperidine rings is 1. The Bertz CT molecular complexity index is 422. The van der Waals surface area contributed by atoms with Crippen LogP contribution in [0.5, 0.6) is 0 Å². The highest BCUT2D eigenvalue weighted by molar-refractivity contribution is 5.91. The van der Waals surface area contributed by atoms with Gasteiger partial charge in [-0.25, -0.2) is 4.79 Å². The van der Waals surface area contributed by atoms with Crippen molar-refractivity contribution in [2.75, 3.05) is 6.54 Å². The van der Waals surface area contributed by atoms with E-state index in [9.17, 15) is 4.79 Å². The fourth-order valence-corrected chi connectivity index (χ4v) is 2.74. The molecule has 84 valence electrons. The number of rotatable bonds is 1. The first-order valence-corrected chi connectivity index (χ1v) is 5.47. The quantitative estimate of drug-likeness (QED) is 0.691. The minimum atomic E-state index is -0.857. The van der Waals surface area contributed by atoms with E-state index in [4.69, 9.17) is 9.84 Å². The number of ether oxygens (including phenoxy) is 1. The number of aliphatic carboxylic acids is 1. The van der Waals surface area contributed by atoms with E-state index in [2.05, 4.69) is 11.4 Å². The van der Waals surface area contributed by atoms with Gasteiger partial charge in [0.25, 0.3) is 0 Å². The van der Waals surface area contributed by atoms with Crippen molar-refractivity contribution in [2.24, 2.45) is 11.8 Å². The smallest absolute Gasteiger partial charge is 0.337 e. The minimum absolute atomic E-state index is 0.162. The lowest BCUT2D eigenvalue weighted by atomic mass is 9.77. The Morgan fingerprint density at radius 2 is 2.44 bits per heavy atom. The van der Waals surface area contributed by atoms with E-state index in [0.717, 1.165) is 12.1 Å². The van der Waals surface area contributed by atoms with E-state index in [1.54, 1.807) is 12.3 Å². The van der Waals surface area contributed by atoms with Gasteiger partial charge in [-0.15, -0.1) is 0 Å². The molecule has 4 nitrogen and oxygen atoms in total. The zero-order valence-electron chi connectivity index (χ0n) is 8.72. The molecule has 1 saturated heterocycles. The van der Waals surface area contributed by atoms with Crippen LogP contribution in [0.25, 0.3) is 0 Å². The van der Waals surface area contributed by atoms with E-state index in [1.165, 1.54) is 0 Å². The van der Waals surface area contributed by atoms with Crippen LogP contribution in [0, 0.1) is 11.8 Å². The molecule has 3 rings (SSSR count). The van der Waals surface area contributed by atoms with Gasteiger partial charge in [0.05, 0.1) is 18.4 Å². The molecule has 16 heavy (non-hydrogen) atoms. The van der Waals surface area contributed by atoms with Crippen molar-refractivity contribution in [3.05, 3.63) is 35.8 Å². The van der Waals surface area contributed by atoms with Crippen molar-refractivity contribution >= 4 is 5.97 Å². The van der Waals surface area contributed by atoms with Gasteiger partial charge in [0.15, 0.2) is 0 Å². The van der Waals surface area contributed by atoms with Gasteiger partial charge >= 0.3 is 5.97 Å². The molecule has 3 atom stereocenters. The van der Waals surface area contributed by atoms with Crippen LogP contribution in [-0.2, 0) is 9.53 Å². The van der Waals surface area contributed by atoms with Crippen molar-refractivity contribution in [1.82, 2.24) is 5.32 Å². The van der Waals surface area contributed by atoms with Gasteiger partial charge < -0.3 is 15.2 Å². The predicted molar refractivity (Wildman–Crippen MR) is 57.4 cm³/mol. The molecule has 0 spiro atoms. The Morgan fingerprint density at radius 1 is 1.56 bits per heavy atom. The summed E-state index contributed by atoms with van der Waals surface area (Å²) in [5.74, 6) is -0.311. The summed E-state index contributed by atoms with van der Waals surface area (Å²) in [5, 5.41) is 12.3. The minimum Gasteiger partial charge on any atom is -0.496 e. The molecule has 0 amide bonds. The molecule has 3 unspecified atom stereocenters. The first-order valence-electron chi connectivity index (χ1n) is 5.47. The van der Waals surface area contributed by atoms with Crippen LogP contribution in [-0.4, -0.2) is 23.7 Å². The van der Waals surface area contributed by atoms with Crippen LogP contribution < -0.4 is 5.32 Å². The predicted octanol–water partition coefficient (Wildman–Crippen LogP) is 1.03. The van der Waals surface area contributed by atoms with Crippen LogP contribution in [0.2, 0.25) is 0 Å². The lowest BCUT2D eigenvalue weighted by Crippen LogP contribution is -2.45. The van der Waals surface area contributed by atoms with Gasteiger partial charge in [-0.1, -0.05) is 6.08 Å². The standard InChI is InChI=1S/C12H13NO3/c14-12(15)9-3-1-2-8-7-4-5-16-10(7)6-13-11(8)9/h1,3-5,7-8,10,13H,2,6H2,(H,14,15). The Kier molecular flexibility index (Phi) is 2.02. The highest BCUT2D eigenvalue weighted by Gasteiger charge is 2.40. The molecule has 1 aliphatic carbocycles. The second-order valence-electron chi connectivity index (χ2n) is 4.34. The zero-order valence-corrected chi connectivity index (χ0v) is 8.72. The number of hydrogen-bond donors (Lipinski definition) is 2. The fourth-order valence-electron chi connectivity index (χ4n) is 2.74. The van der Waals surface area contributed by atoms with Crippen LogP contribution in [0.4, 0.5) is 0 Å². The van der Waals surface area contributed by atoms with Crippen LogP contribution in [0.15, 0.2) is 35.8 Å². The number of hydrogen-bond acceptors (Lipinski definition) is 3. The summed E-state index contributed by atoms with van der Waals surface area (Å²) < 4.78 is 5.46. The molecule has 3 aliphatic rings. The van der Waals surface area contributed by atoms with E-state index >= 15 is 0 Å². The summed E-state index contributed by atoms with van der Waals surface area (Å²) in [5.41, 5.74) is 1.27. The highest BCUT2D eigenvalue weighted by atomic mass is 16.5. The number of carboxylic acid groups (broad SMARTS) is 1. The van der Waals surface area contributed by atoms with Crippen molar-refractivity contribution in [1.29, 1.82) is 0 Å². The molecule has 2 aliphatic heterocycles. The molecule has 0 bridgehead atoms. The first-order chi connectivity index (χ1) is 7.77. The lowest BCUT2D eigenvalue weighted by Gasteiger charge is -2.37. The SMILES string of the molecule is O=C(O)C1=C2NCC3OC=CC3C2CC=C1. The van der Waals surface area contributed by atoms with E-state index in [-0.39, 0.29) is 12.0 Å². The maximum Gasteiger partial charge on any atom is 0.337 e. The second-order valence-corrected chi connectivity index (χ2v) is 4.34. The van der Waals surface area contributed by atoms with Crippen LogP contribution in [0.1, 0.15) is 6.42 Å². The van der Waals surface area contributed by atoms with Gasteiger partial charge in [0.1, 0.15) is 6.10 Å². The third-order valence-electron chi connectivity index (χ3n) is 3.51. The summed E-state index contributed by atoms with van der Waals surface area (Å²) in [7, 11) is 0.